The predicted molar refractivity (Wildman–Crippen MR) is 73.8 cm³/mol. The number of halogens is 1. The summed E-state index contributed by atoms with van der Waals surface area (Å²) in [4.78, 5) is 25.9. The van der Waals surface area contributed by atoms with Gasteiger partial charge in [0.1, 0.15) is 0 Å². The van der Waals surface area contributed by atoms with Crippen molar-refractivity contribution in [3.05, 3.63) is 64.2 Å². The lowest BCUT2D eigenvalue weighted by Crippen LogP contribution is -2.30. The normalized spacial score (nSPS) is 13.9. The first-order valence-corrected chi connectivity index (χ1v) is 6.21. The molecule has 0 saturated heterocycles. The van der Waals surface area contributed by atoms with Crippen LogP contribution in [0.2, 0.25) is 5.02 Å². The highest BCUT2D eigenvalue weighted by Gasteiger charge is 2.36. The Morgan fingerprint density at radius 2 is 1.53 bits per heavy atom. The number of imide groups is 1. The third kappa shape index (κ3) is 1.74. The molecule has 3 rings (SSSR count). The molecule has 0 bridgehead atoms. The second-order valence-corrected chi connectivity index (χ2v) is 4.86. The molecule has 0 aliphatic carbocycles. The first-order chi connectivity index (χ1) is 9.09. The van der Waals surface area contributed by atoms with Crippen molar-refractivity contribution in [2.45, 2.75) is 6.92 Å². The van der Waals surface area contributed by atoms with Crippen LogP contribution in [0.15, 0.2) is 42.5 Å². The van der Waals surface area contributed by atoms with Crippen LogP contribution in [-0.2, 0) is 0 Å². The molecule has 0 aromatic heterocycles. The zero-order valence-electron chi connectivity index (χ0n) is 10.2. The number of nitrogens with zero attached hydrogens (tertiary/aromatic N) is 1. The van der Waals surface area contributed by atoms with Gasteiger partial charge in [0.2, 0.25) is 0 Å². The van der Waals surface area contributed by atoms with E-state index in [4.69, 9.17) is 11.6 Å². The molecule has 0 unspecified atom stereocenters. The van der Waals surface area contributed by atoms with Crippen LogP contribution in [0.5, 0.6) is 0 Å². The summed E-state index contributed by atoms with van der Waals surface area (Å²) < 4.78 is 0. The van der Waals surface area contributed by atoms with Crippen molar-refractivity contribution in [1.29, 1.82) is 0 Å². The molecule has 1 aliphatic heterocycles. The number of amides is 2. The van der Waals surface area contributed by atoms with Crippen LogP contribution >= 0.6 is 11.6 Å². The lowest BCUT2D eigenvalue weighted by molar-refractivity contribution is 0.0926. The van der Waals surface area contributed by atoms with Crippen molar-refractivity contribution in [3.63, 3.8) is 0 Å². The van der Waals surface area contributed by atoms with Crippen molar-refractivity contribution in [2.24, 2.45) is 0 Å². The van der Waals surface area contributed by atoms with Gasteiger partial charge >= 0.3 is 0 Å². The number of carbonyl (C=O) groups is 2. The molecule has 0 fully saturated rings. The summed E-state index contributed by atoms with van der Waals surface area (Å²) in [5.41, 5.74) is 2.25. The van der Waals surface area contributed by atoms with Crippen molar-refractivity contribution in [2.75, 3.05) is 4.90 Å². The highest BCUT2D eigenvalue weighted by molar-refractivity contribution is 6.35. The quantitative estimate of drug-likeness (QED) is 0.745. The van der Waals surface area contributed by atoms with Gasteiger partial charge in [0.25, 0.3) is 11.8 Å². The molecule has 3 nitrogen and oxygen atoms in total. The molecule has 1 aliphatic rings. The van der Waals surface area contributed by atoms with E-state index in [1.165, 1.54) is 4.90 Å². The molecule has 0 saturated carbocycles. The largest absolute Gasteiger partial charge is 0.268 e. The molecule has 19 heavy (non-hydrogen) atoms. The maximum absolute atomic E-state index is 12.3. The zero-order valence-corrected chi connectivity index (χ0v) is 10.9. The Morgan fingerprint density at radius 1 is 0.947 bits per heavy atom. The number of carbonyl (C=O) groups excluding carboxylic acids is 2. The van der Waals surface area contributed by atoms with E-state index in [1.807, 2.05) is 6.92 Å². The highest BCUT2D eigenvalue weighted by atomic mass is 35.5. The Morgan fingerprint density at radius 3 is 2.11 bits per heavy atom. The van der Waals surface area contributed by atoms with Crippen LogP contribution in [-0.4, -0.2) is 11.8 Å². The number of hydrogen-bond donors (Lipinski definition) is 0. The summed E-state index contributed by atoms with van der Waals surface area (Å²) in [6.45, 7) is 1.84. The number of fused-ring (bicyclic) bond motifs is 1. The van der Waals surface area contributed by atoms with Crippen LogP contribution in [0.3, 0.4) is 0 Å². The van der Waals surface area contributed by atoms with E-state index in [9.17, 15) is 9.59 Å². The maximum atomic E-state index is 12.3. The summed E-state index contributed by atoms with van der Waals surface area (Å²) in [5, 5.41) is 0.497. The van der Waals surface area contributed by atoms with E-state index in [-0.39, 0.29) is 11.8 Å². The van der Waals surface area contributed by atoms with E-state index >= 15 is 0 Å². The second kappa shape index (κ2) is 4.21. The fourth-order valence-electron chi connectivity index (χ4n) is 2.23. The average molecular weight is 272 g/mol. The molecule has 0 radical (unpaired) electrons. The first kappa shape index (κ1) is 11.9. The molecular weight excluding hydrogens is 262 g/mol. The highest BCUT2D eigenvalue weighted by Crippen LogP contribution is 2.32. The van der Waals surface area contributed by atoms with Crippen LogP contribution in [0.1, 0.15) is 26.3 Å². The number of anilines is 1. The van der Waals surface area contributed by atoms with E-state index in [2.05, 4.69) is 0 Å². The monoisotopic (exact) mass is 271 g/mol. The Bertz CT molecular complexity index is 674. The van der Waals surface area contributed by atoms with Gasteiger partial charge in [-0.15, -0.1) is 0 Å². The van der Waals surface area contributed by atoms with Gasteiger partial charge in [-0.05, 0) is 36.8 Å². The molecular formula is C15H10ClNO2. The number of rotatable bonds is 1. The first-order valence-electron chi connectivity index (χ1n) is 5.83. The van der Waals surface area contributed by atoms with Gasteiger partial charge in [0.15, 0.2) is 0 Å². The SMILES string of the molecule is Cc1ccc(Cl)cc1N1C(=O)c2ccccc2C1=O. The Balaban J connectivity index is 2.17. The Labute approximate surface area is 115 Å². The second-order valence-electron chi connectivity index (χ2n) is 4.42. The summed E-state index contributed by atoms with van der Waals surface area (Å²) >= 11 is 5.95. The number of aryl methyl sites for hydroxylation is 1. The molecule has 0 N–H and O–H groups in total. The Kier molecular flexibility index (Phi) is 2.64. The number of hydrogen-bond acceptors (Lipinski definition) is 2. The summed E-state index contributed by atoms with van der Waals surface area (Å²) in [5.74, 6) is -0.600. The lowest BCUT2D eigenvalue weighted by Gasteiger charge is -2.16. The molecule has 0 atom stereocenters. The van der Waals surface area contributed by atoms with Crippen LogP contribution < -0.4 is 4.90 Å². The van der Waals surface area contributed by atoms with E-state index < -0.39 is 0 Å². The Hall–Kier alpha value is -2.13. The third-order valence-electron chi connectivity index (χ3n) is 3.21. The third-order valence-corrected chi connectivity index (χ3v) is 3.44. The van der Waals surface area contributed by atoms with Gasteiger partial charge in [-0.3, -0.25) is 9.59 Å². The summed E-state index contributed by atoms with van der Waals surface area (Å²) in [6.07, 6.45) is 0. The fraction of sp³-hybridized carbons (Fsp3) is 0.0667. The topological polar surface area (TPSA) is 37.4 Å². The van der Waals surface area contributed by atoms with Gasteiger partial charge in [0, 0.05) is 5.02 Å². The van der Waals surface area contributed by atoms with Gasteiger partial charge in [0.05, 0.1) is 16.8 Å². The zero-order chi connectivity index (χ0) is 13.6. The predicted octanol–water partition coefficient (Wildman–Crippen LogP) is 3.45. The fourth-order valence-corrected chi connectivity index (χ4v) is 2.40. The van der Waals surface area contributed by atoms with E-state index in [0.29, 0.717) is 21.8 Å². The molecule has 0 spiro atoms. The van der Waals surface area contributed by atoms with Gasteiger partial charge in [-0.25, -0.2) is 4.90 Å². The minimum absolute atomic E-state index is 0.300. The maximum Gasteiger partial charge on any atom is 0.266 e. The van der Waals surface area contributed by atoms with E-state index in [1.54, 1.807) is 42.5 Å². The van der Waals surface area contributed by atoms with Crippen LogP contribution in [0.4, 0.5) is 5.69 Å². The molecule has 2 aromatic rings. The summed E-state index contributed by atoms with van der Waals surface area (Å²) in [7, 11) is 0. The van der Waals surface area contributed by atoms with Crippen molar-refractivity contribution < 1.29 is 9.59 Å². The number of benzene rings is 2. The standard InChI is InChI=1S/C15H10ClNO2/c1-9-6-7-10(16)8-13(9)17-14(18)11-4-2-3-5-12(11)15(17)19/h2-8H,1H3. The average Bonchev–Trinajstić information content (AvgIpc) is 2.66. The molecule has 2 amide bonds. The lowest BCUT2D eigenvalue weighted by atomic mass is 10.1. The van der Waals surface area contributed by atoms with Crippen LogP contribution in [0.25, 0.3) is 0 Å². The van der Waals surface area contributed by atoms with Crippen molar-refractivity contribution >= 4 is 29.1 Å². The van der Waals surface area contributed by atoms with Gasteiger partial charge < -0.3 is 0 Å². The smallest absolute Gasteiger partial charge is 0.266 e. The minimum Gasteiger partial charge on any atom is -0.268 e. The molecule has 94 valence electrons. The summed E-state index contributed by atoms with van der Waals surface area (Å²) in [6, 6.07) is 12.0. The van der Waals surface area contributed by atoms with Crippen molar-refractivity contribution in [3.8, 4) is 0 Å². The molecule has 1 heterocycles. The van der Waals surface area contributed by atoms with Gasteiger partial charge in [-0.2, -0.15) is 0 Å². The van der Waals surface area contributed by atoms with E-state index in [0.717, 1.165) is 5.56 Å². The van der Waals surface area contributed by atoms with Crippen molar-refractivity contribution in [1.82, 2.24) is 0 Å². The molecule has 2 aromatic carbocycles. The van der Waals surface area contributed by atoms with Crippen LogP contribution in [0, 0.1) is 6.92 Å². The minimum atomic E-state index is -0.300. The van der Waals surface area contributed by atoms with Gasteiger partial charge in [-0.1, -0.05) is 29.8 Å². The molecule has 4 heteroatoms.